The predicted molar refractivity (Wildman–Crippen MR) is 74.0 cm³/mol. The zero-order chi connectivity index (χ0) is 16.1. The Hall–Kier alpha value is -1.08. The first kappa shape index (κ1) is 18.9. The van der Waals surface area contributed by atoms with Gasteiger partial charge in [0.1, 0.15) is 11.9 Å². The van der Waals surface area contributed by atoms with Gasteiger partial charge in [0.05, 0.1) is 6.04 Å². The van der Waals surface area contributed by atoms with E-state index in [1.165, 1.54) is 20.5 Å². The van der Waals surface area contributed by atoms with Crippen LogP contribution in [0.15, 0.2) is 0 Å². The van der Waals surface area contributed by atoms with Gasteiger partial charge >= 0.3 is 0 Å². The van der Waals surface area contributed by atoms with Crippen molar-refractivity contribution in [2.75, 3.05) is 12.8 Å². The molecule has 20 heavy (non-hydrogen) atoms. The molecule has 116 valence electrons. The van der Waals surface area contributed by atoms with Gasteiger partial charge in [0.15, 0.2) is 7.37 Å². The third-order valence-corrected chi connectivity index (χ3v) is 3.66. The summed E-state index contributed by atoms with van der Waals surface area (Å²) in [6.45, 7) is 3.78. The van der Waals surface area contributed by atoms with Crippen LogP contribution in [0.5, 0.6) is 0 Å². The molecule has 0 bridgehead atoms. The molecule has 0 aromatic rings. The molecule has 0 fully saturated rings. The molecule has 0 spiro atoms. The fourth-order valence-electron chi connectivity index (χ4n) is 1.49. The smallest absolute Gasteiger partial charge is 0.264 e. The van der Waals surface area contributed by atoms with Crippen LogP contribution >= 0.6 is 7.37 Å². The number of rotatable bonds is 7. The van der Waals surface area contributed by atoms with E-state index in [2.05, 4.69) is 0 Å². The molecule has 0 saturated carbocycles. The summed E-state index contributed by atoms with van der Waals surface area (Å²) in [4.78, 5) is 44.6. The van der Waals surface area contributed by atoms with E-state index in [0.717, 1.165) is 0 Å². The van der Waals surface area contributed by atoms with Crippen LogP contribution in [0.4, 0.5) is 0 Å². The Bertz CT molecular complexity index is 426. The lowest BCUT2D eigenvalue weighted by atomic mass is 10.1. The van der Waals surface area contributed by atoms with Crippen LogP contribution in [0, 0.1) is 0 Å². The van der Waals surface area contributed by atoms with E-state index in [4.69, 9.17) is 16.4 Å². The van der Waals surface area contributed by atoms with Gasteiger partial charge in [-0.05, 0) is 20.3 Å². The largest absolute Gasteiger partial charge is 0.344 e. The van der Waals surface area contributed by atoms with Crippen molar-refractivity contribution in [3.05, 3.63) is 0 Å². The third kappa shape index (κ3) is 6.38. The first-order valence-electron chi connectivity index (χ1n) is 6.09. The summed E-state index contributed by atoms with van der Waals surface area (Å²) in [5.41, 5.74) is 9.11. The van der Waals surface area contributed by atoms with Crippen molar-refractivity contribution in [3.63, 3.8) is 0 Å². The second-order valence-corrected chi connectivity index (χ2v) is 7.66. The lowest BCUT2D eigenvalue weighted by molar-refractivity contribution is -0.152. The molecule has 0 aliphatic rings. The quantitative estimate of drug-likeness (QED) is 0.318. The molecule has 8 nitrogen and oxygen atoms in total. The van der Waals surface area contributed by atoms with Gasteiger partial charge in [-0.1, -0.05) is 0 Å². The average Bonchev–Trinajstić information content (AvgIpc) is 2.25. The van der Waals surface area contributed by atoms with Gasteiger partial charge in [0.25, 0.3) is 5.91 Å². The number of nitrogens with two attached hydrogens (primary N) is 2. The van der Waals surface area contributed by atoms with Gasteiger partial charge in [0.2, 0.25) is 5.91 Å². The van der Waals surface area contributed by atoms with Gasteiger partial charge < -0.3 is 21.2 Å². The highest BCUT2D eigenvalue weighted by Crippen LogP contribution is 2.36. The van der Waals surface area contributed by atoms with E-state index in [0.29, 0.717) is 11.2 Å². The molecule has 0 heterocycles. The monoisotopic (exact) mass is 307 g/mol. The number of carbonyl (C=O) groups excluding carboxylic acids is 3. The van der Waals surface area contributed by atoms with E-state index in [9.17, 15) is 18.9 Å². The topological polar surface area (TPSA) is 144 Å². The standard InChI is InChI=1S/C11H22N3O5P/c1-8(7-15)14(10(17)11(2,12)13)9(16)5-4-6-20(3,18)19/h7-8H,4-6,12-13H2,1-3H3,(H,18,19)/t8-/m0/s1. The van der Waals surface area contributed by atoms with E-state index in [-0.39, 0.29) is 19.0 Å². The number of carbonyl (C=O) groups is 3. The van der Waals surface area contributed by atoms with Gasteiger partial charge in [-0.25, -0.2) is 0 Å². The molecule has 1 unspecified atom stereocenters. The first-order chi connectivity index (χ1) is 8.90. The Kier molecular flexibility index (Phi) is 6.70. The van der Waals surface area contributed by atoms with Gasteiger partial charge in [0, 0.05) is 19.2 Å². The second-order valence-electron chi connectivity index (χ2n) is 5.11. The molecule has 2 atom stereocenters. The molecule has 9 heteroatoms. The van der Waals surface area contributed by atoms with Crippen molar-refractivity contribution in [2.24, 2.45) is 11.5 Å². The van der Waals surface area contributed by atoms with E-state index < -0.39 is 30.9 Å². The van der Waals surface area contributed by atoms with Crippen LogP contribution in [0.25, 0.3) is 0 Å². The summed E-state index contributed by atoms with van der Waals surface area (Å²) >= 11 is 0. The van der Waals surface area contributed by atoms with Crippen molar-refractivity contribution < 1.29 is 23.8 Å². The number of imide groups is 1. The van der Waals surface area contributed by atoms with Crippen LogP contribution in [0.2, 0.25) is 0 Å². The van der Waals surface area contributed by atoms with Crippen LogP contribution in [-0.4, -0.2) is 52.4 Å². The number of aldehydes is 1. The highest BCUT2D eigenvalue weighted by Gasteiger charge is 2.35. The minimum Gasteiger partial charge on any atom is -0.344 e. The minimum atomic E-state index is -3.21. The Balaban J connectivity index is 4.89. The number of hydrogen-bond donors (Lipinski definition) is 3. The molecule has 0 rings (SSSR count). The summed E-state index contributed by atoms with van der Waals surface area (Å²) < 4.78 is 11.1. The summed E-state index contributed by atoms with van der Waals surface area (Å²) in [5.74, 6) is -1.52. The third-order valence-electron chi connectivity index (χ3n) is 2.52. The van der Waals surface area contributed by atoms with E-state index in [1.54, 1.807) is 0 Å². The minimum absolute atomic E-state index is 0.0429. The Morgan fingerprint density at radius 3 is 2.30 bits per heavy atom. The molecule has 5 N–H and O–H groups in total. The molecule has 0 aromatic heterocycles. The van der Waals surface area contributed by atoms with E-state index >= 15 is 0 Å². The SMILES string of the molecule is C[C@@H](C=O)N(C(=O)CCCP(C)(=O)O)C(=O)C(C)(N)N. The summed E-state index contributed by atoms with van der Waals surface area (Å²) in [6, 6.07) is -0.996. The number of nitrogens with zero attached hydrogens (tertiary/aromatic N) is 1. The Labute approximate surface area is 117 Å². The van der Waals surface area contributed by atoms with Crippen LogP contribution < -0.4 is 11.5 Å². The Morgan fingerprint density at radius 2 is 1.95 bits per heavy atom. The number of amides is 2. The fraction of sp³-hybridized carbons (Fsp3) is 0.727. The van der Waals surface area contributed by atoms with Crippen molar-refractivity contribution in [1.82, 2.24) is 4.90 Å². The lowest BCUT2D eigenvalue weighted by Crippen LogP contribution is -2.62. The molecule has 0 aliphatic carbocycles. The maximum Gasteiger partial charge on any atom is 0.264 e. The number of hydrogen-bond acceptors (Lipinski definition) is 6. The molecule has 0 radical (unpaired) electrons. The average molecular weight is 307 g/mol. The molecular weight excluding hydrogens is 285 g/mol. The molecule has 2 amide bonds. The summed E-state index contributed by atoms with van der Waals surface area (Å²) in [6.07, 6.45) is 0.375. The zero-order valence-corrected chi connectivity index (χ0v) is 12.8. The van der Waals surface area contributed by atoms with Crippen LogP contribution in [-0.2, 0) is 18.9 Å². The van der Waals surface area contributed by atoms with Gasteiger partial charge in [-0.3, -0.25) is 19.1 Å². The fourth-order valence-corrected chi connectivity index (χ4v) is 2.23. The normalized spacial score (nSPS) is 16.1. The van der Waals surface area contributed by atoms with Gasteiger partial charge in [-0.2, -0.15) is 0 Å². The molecule has 0 aromatic carbocycles. The Morgan fingerprint density at radius 1 is 1.45 bits per heavy atom. The summed E-state index contributed by atoms with van der Waals surface area (Å²) in [7, 11) is -3.21. The molecular formula is C11H22N3O5P. The zero-order valence-electron chi connectivity index (χ0n) is 11.9. The first-order valence-corrected chi connectivity index (χ1v) is 8.38. The highest BCUT2D eigenvalue weighted by atomic mass is 31.2. The highest BCUT2D eigenvalue weighted by molar-refractivity contribution is 7.57. The van der Waals surface area contributed by atoms with Crippen molar-refractivity contribution >= 4 is 25.5 Å². The van der Waals surface area contributed by atoms with E-state index in [1.807, 2.05) is 0 Å². The van der Waals surface area contributed by atoms with Crippen LogP contribution in [0.1, 0.15) is 26.7 Å². The molecule has 0 aliphatic heterocycles. The maximum atomic E-state index is 12.0. The van der Waals surface area contributed by atoms with Crippen molar-refractivity contribution in [1.29, 1.82) is 0 Å². The van der Waals surface area contributed by atoms with Crippen molar-refractivity contribution in [3.8, 4) is 0 Å². The van der Waals surface area contributed by atoms with Crippen LogP contribution in [0.3, 0.4) is 0 Å². The van der Waals surface area contributed by atoms with Gasteiger partial charge in [-0.15, -0.1) is 0 Å². The second kappa shape index (κ2) is 7.08. The van der Waals surface area contributed by atoms with Crippen molar-refractivity contribution in [2.45, 2.75) is 38.4 Å². The lowest BCUT2D eigenvalue weighted by Gasteiger charge is -2.30. The predicted octanol–water partition coefficient (Wildman–Crippen LogP) is -0.757. The maximum absolute atomic E-state index is 12.0. The summed E-state index contributed by atoms with van der Waals surface area (Å²) in [5, 5.41) is 0. The molecule has 0 saturated heterocycles.